The molecular formula is C19H17ClF2N4O2S. The molecule has 0 aliphatic heterocycles. The number of hydrogen-bond acceptors (Lipinski definition) is 5. The largest absolute Gasteiger partial charge is 0.481 e. The van der Waals surface area contributed by atoms with Gasteiger partial charge in [-0.25, -0.2) is 8.78 Å². The van der Waals surface area contributed by atoms with E-state index in [2.05, 4.69) is 15.5 Å². The lowest BCUT2D eigenvalue weighted by Crippen LogP contribution is -2.16. The molecule has 0 aliphatic rings. The third-order valence-corrected chi connectivity index (χ3v) is 5.24. The minimum atomic E-state index is -0.712. The number of aromatic nitrogens is 3. The van der Waals surface area contributed by atoms with E-state index in [4.69, 9.17) is 16.3 Å². The van der Waals surface area contributed by atoms with Gasteiger partial charge in [0, 0.05) is 13.1 Å². The lowest BCUT2D eigenvalue weighted by molar-refractivity contribution is -0.113. The zero-order valence-electron chi connectivity index (χ0n) is 15.5. The molecule has 0 saturated carbocycles. The van der Waals surface area contributed by atoms with Gasteiger partial charge >= 0.3 is 0 Å². The minimum Gasteiger partial charge on any atom is -0.481 e. The summed E-state index contributed by atoms with van der Waals surface area (Å²) in [4.78, 5) is 12.1. The maximum atomic E-state index is 13.6. The molecule has 152 valence electrons. The van der Waals surface area contributed by atoms with Crippen molar-refractivity contribution >= 4 is 35.0 Å². The van der Waals surface area contributed by atoms with Crippen LogP contribution in [0, 0.1) is 11.6 Å². The van der Waals surface area contributed by atoms with Crippen LogP contribution in [0.25, 0.3) is 0 Å². The monoisotopic (exact) mass is 438 g/mol. The van der Waals surface area contributed by atoms with Crippen molar-refractivity contribution in [1.82, 2.24) is 14.8 Å². The molecule has 0 fully saturated rings. The standard InChI is InChI=1S/C19H17ClF2N4O2S/c1-11(28-16-6-4-3-5-13(16)20)18-24-25-19(26(18)2)29-10-17(27)23-15-9-12(21)7-8-14(15)22/h3-9,11H,10H2,1-2H3,(H,23,27). The van der Waals surface area contributed by atoms with Gasteiger partial charge in [0.25, 0.3) is 0 Å². The Kier molecular flexibility index (Phi) is 6.71. The Morgan fingerprint density at radius 2 is 2.03 bits per heavy atom. The second-order valence-corrected chi connectivity index (χ2v) is 7.40. The van der Waals surface area contributed by atoms with E-state index in [1.165, 1.54) is 0 Å². The molecule has 10 heteroatoms. The van der Waals surface area contributed by atoms with Gasteiger partial charge in [-0.1, -0.05) is 35.5 Å². The third-order valence-electron chi connectivity index (χ3n) is 3.91. The smallest absolute Gasteiger partial charge is 0.234 e. The molecule has 1 amide bonds. The summed E-state index contributed by atoms with van der Waals surface area (Å²) in [6, 6.07) is 9.94. The molecule has 3 aromatic rings. The van der Waals surface area contributed by atoms with E-state index in [1.807, 2.05) is 6.07 Å². The number of amides is 1. The number of hydrogen-bond donors (Lipinski definition) is 1. The summed E-state index contributed by atoms with van der Waals surface area (Å²) in [6.07, 6.45) is -0.433. The van der Waals surface area contributed by atoms with Crippen molar-refractivity contribution in [3.63, 3.8) is 0 Å². The van der Waals surface area contributed by atoms with Gasteiger partial charge in [0.05, 0.1) is 16.5 Å². The van der Waals surface area contributed by atoms with Crippen LogP contribution in [0.3, 0.4) is 0 Å². The van der Waals surface area contributed by atoms with Crippen molar-refractivity contribution in [2.24, 2.45) is 7.05 Å². The molecule has 1 N–H and O–H groups in total. The first-order valence-electron chi connectivity index (χ1n) is 8.53. The fraction of sp³-hybridized carbons (Fsp3) is 0.211. The van der Waals surface area contributed by atoms with Crippen molar-refractivity contribution in [2.45, 2.75) is 18.2 Å². The van der Waals surface area contributed by atoms with E-state index in [0.717, 1.165) is 30.0 Å². The average Bonchev–Trinajstić information content (AvgIpc) is 3.05. The number of nitrogens with one attached hydrogen (secondary N) is 1. The Bertz CT molecular complexity index is 1030. The summed E-state index contributed by atoms with van der Waals surface area (Å²) < 4.78 is 34.3. The molecule has 0 bridgehead atoms. The van der Waals surface area contributed by atoms with Gasteiger partial charge in [-0.3, -0.25) is 4.79 Å². The maximum absolute atomic E-state index is 13.6. The van der Waals surface area contributed by atoms with Gasteiger partial charge in [0.15, 0.2) is 17.1 Å². The van der Waals surface area contributed by atoms with Crippen LogP contribution in [0.2, 0.25) is 5.02 Å². The maximum Gasteiger partial charge on any atom is 0.234 e. The highest BCUT2D eigenvalue weighted by molar-refractivity contribution is 7.99. The molecule has 3 rings (SSSR count). The average molecular weight is 439 g/mol. The van der Waals surface area contributed by atoms with E-state index in [0.29, 0.717) is 21.8 Å². The van der Waals surface area contributed by atoms with Crippen LogP contribution in [-0.4, -0.2) is 26.4 Å². The first kappa shape index (κ1) is 21.1. The number of carbonyl (C=O) groups is 1. The van der Waals surface area contributed by atoms with E-state index >= 15 is 0 Å². The first-order chi connectivity index (χ1) is 13.8. The Hall–Kier alpha value is -2.65. The minimum absolute atomic E-state index is 0.0539. The van der Waals surface area contributed by atoms with Crippen molar-refractivity contribution in [3.8, 4) is 5.75 Å². The van der Waals surface area contributed by atoms with Gasteiger partial charge in [-0.2, -0.15) is 0 Å². The summed E-state index contributed by atoms with van der Waals surface area (Å²) in [5.74, 6) is -0.832. The summed E-state index contributed by atoms with van der Waals surface area (Å²) in [7, 11) is 1.74. The van der Waals surface area contributed by atoms with Crippen LogP contribution in [0.4, 0.5) is 14.5 Å². The van der Waals surface area contributed by atoms with Crippen LogP contribution in [0.5, 0.6) is 5.75 Å². The van der Waals surface area contributed by atoms with E-state index < -0.39 is 23.6 Å². The number of anilines is 1. The van der Waals surface area contributed by atoms with Crippen molar-refractivity contribution in [3.05, 3.63) is 64.9 Å². The Labute approximate surface area is 175 Å². The second-order valence-electron chi connectivity index (χ2n) is 6.05. The zero-order valence-corrected chi connectivity index (χ0v) is 17.1. The normalized spacial score (nSPS) is 11.9. The van der Waals surface area contributed by atoms with Crippen LogP contribution >= 0.6 is 23.4 Å². The number of para-hydroxylation sites is 1. The SMILES string of the molecule is CC(Oc1ccccc1Cl)c1nnc(SCC(=O)Nc2cc(F)ccc2F)n1C. The molecule has 0 aliphatic carbocycles. The quantitative estimate of drug-likeness (QED) is 0.545. The van der Waals surface area contributed by atoms with Crippen molar-refractivity contribution in [2.75, 3.05) is 11.1 Å². The van der Waals surface area contributed by atoms with Gasteiger partial charge in [0.1, 0.15) is 17.4 Å². The Morgan fingerprint density at radius 1 is 1.28 bits per heavy atom. The van der Waals surface area contributed by atoms with Crippen molar-refractivity contribution in [1.29, 1.82) is 0 Å². The summed E-state index contributed by atoms with van der Waals surface area (Å²) in [5.41, 5.74) is -0.212. The number of benzene rings is 2. The highest BCUT2D eigenvalue weighted by atomic mass is 35.5. The summed E-state index contributed by atoms with van der Waals surface area (Å²) in [6.45, 7) is 1.81. The molecular weight excluding hydrogens is 422 g/mol. The number of rotatable bonds is 7. The predicted octanol–water partition coefficient (Wildman–Crippen LogP) is 4.62. The highest BCUT2D eigenvalue weighted by Crippen LogP contribution is 2.29. The highest BCUT2D eigenvalue weighted by Gasteiger charge is 2.19. The molecule has 1 heterocycles. The molecule has 1 aromatic heterocycles. The van der Waals surface area contributed by atoms with E-state index in [1.54, 1.807) is 36.7 Å². The lowest BCUT2D eigenvalue weighted by Gasteiger charge is -2.15. The molecule has 1 atom stereocenters. The third kappa shape index (κ3) is 5.24. The second kappa shape index (κ2) is 9.23. The number of carbonyl (C=O) groups excluding carboxylic acids is 1. The molecule has 2 aromatic carbocycles. The first-order valence-corrected chi connectivity index (χ1v) is 9.89. The molecule has 0 saturated heterocycles. The Balaban J connectivity index is 1.61. The van der Waals surface area contributed by atoms with E-state index in [9.17, 15) is 13.6 Å². The number of nitrogens with zero attached hydrogens (tertiary/aromatic N) is 3. The van der Waals surface area contributed by atoms with E-state index in [-0.39, 0.29) is 11.4 Å². The van der Waals surface area contributed by atoms with Gasteiger partial charge in [-0.15, -0.1) is 10.2 Å². The molecule has 6 nitrogen and oxygen atoms in total. The molecule has 0 spiro atoms. The fourth-order valence-electron chi connectivity index (χ4n) is 2.50. The predicted molar refractivity (Wildman–Crippen MR) is 107 cm³/mol. The summed E-state index contributed by atoms with van der Waals surface area (Å²) >= 11 is 7.22. The molecule has 1 unspecified atom stereocenters. The van der Waals surface area contributed by atoms with Crippen LogP contribution < -0.4 is 10.1 Å². The fourth-order valence-corrected chi connectivity index (χ4v) is 3.40. The number of halogens is 3. The zero-order chi connectivity index (χ0) is 21.0. The van der Waals surface area contributed by atoms with Crippen molar-refractivity contribution < 1.29 is 18.3 Å². The van der Waals surface area contributed by atoms with Gasteiger partial charge in [-0.05, 0) is 31.2 Å². The Morgan fingerprint density at radius 3 is 2.79 bits per heavy atom. The number of thioether (sulfide) groups is 1. The molecule has 0 radical (unpaired) electrons. The summed E-state index contributed by atoms with van der Waals surface area (Å²) in [5, 5.41) is 11.5. The topological polar surface area (TPSA) is 69.0 Å². The van der Waals surface area contributed by atoms with Crippen LogP contribution in [-0.2, 0) is 11.8 Å². The number of ether oxygens (including phenoxy) is 1. The van der Waals surface area contributed by atoms with Crippen LogP contribution in [0.15, 0.2) is 47.6 Å². The van der Waals surface area contributed by atoms with Gasteiger partial charge in [0.2, 0.25) is 5.91 Å². The van der Waals surface area contributed by atoms with Gasteiger partial charge < -0.3 is 14.6 Å². The molecule has 29 heavy (non-hydrogen) atoms. The van der Waals surface area contributed by atoms with Crippen LogP contribution in [0.1, 0.15) is 18.9 Å². The lowest BCUT2D eigenvalue weighted by atomic mass is 10.3.